The highest BCUT2D eigenvalue weighted by Gasteiger charge is 2.37. The SMILES string of the molecule is CCC(c1cccc(O)c1)C(O)C1C(O)=CC(O)=C/C1=N\P(=O)(O)O. The number of nitrogens with zero attached hydrogens (tertiary/aromatic N) is 1. The maximum Gasteiger partial charge on any atom is 0.448 e. The van der Waals surface area contributed by atoms with Gasteiger partial charge in [0.2, 0.25) is 0 Å². The fourth-order valence-corrected chi connectivity index (χ4v) is 3.41. The number of phenolic OH excluding ortho intramolecular Hbond substituents is 1. The van der Waals surface area contributed by atoms with Gasteiger partial charge in [0, 0.05) is 18.1 Å². The molecule has 1 aromatic carbocycles. The highest BCUT2D eigenvalue weighted by atomic mass is 31.2. The quantitative estimate of drug-likeness (QED) is 0.436. The van der Waals surface area contributed by atoms with Crippen molar-refractivity contribution in [1.29, 1.82) is 0 Å². The summed E-state index contributed by atoms with van der Waals surface area (Å²) < 4.78 is 14.5. The minimum atomic E-state index is -4.84. The van der Waals surface area contributed by atoms with E-state index in [0.717, 1.165) is 12.2 Å². The molecule has 0 heterocycles. The largest absolute Gasteiger partial charge is 0.511 e. The monoisotopic (exact) mass is 369 g/mol. The van der Waals surface area contributed by atoms with Crippen LogP contribution in [-0.4, -0.2) is 42.0 Å². The number of hydrogen-bond donors (Lipinski definition) is 6. The fourth-order valence-electron chi connectivity index (χ4n) is 2.93. The first-order chi connectivity index (χ1) is 11.6. The van der Waals surface area contributed by atoms with E-state index in [4.69, 9.17) is 9.79 Å². The molecule has 3 atom stereocenters. The van der Waals surface area contributed by atoms with E-state index in [-0.39, 0.29) is 11.5 Å². The third kappa shape index (κ3) is 4.70. The van der Waals surface area contributed by atoms with Gasteiger partial charge >= 0.3 is 7.75 Å². The average Bonchev–Trinajstić information content (AvgIpc) is 2.45. The van der Waals surface area contributed by atoms with Gasteiger partial charge in [-0.25, -0.2) is 4.57 Å². The summed E-state index contributed by atoms with van der Waals surface area (Å²) in [5.41, 5.74) is 0.272. The van der Waals surface area contributed by atoms with Crippen molar-refractivity contribution in [1.82, 2.24) is 0 Å². The molecule has 0 saturated heterocycles. The van der Waals surface area contributed by atoms with Gasteiger partial charge in [0.15, 0.2) is 0 Å². The topological polar surface area (TPSA) is 151 Å². The van der Waals surface area contributed by atoms with Crippen LogP contribution >= 0.6 is 7.75 Å². The van der Waals surface area contributed by atoms with Gasteiger partial charge < -0.3 is 30.2 Å². The molecule has 136 valence electrons. The zero-order valence-electron chi connectivity index (χ0n) is 13.4. The van der Waals surface area contributed by atoms with E-state index < -0.39 is 37.2 Å². The van der Waals surface area contributed by atoms with Gasteiger partial charge in [0.05, 0.1) is 17.7 Å². The van der Waals surface area contributed by atoms with Crippen molar-refractivity contribution in [2.75, 3.05) is 0 Å². The van der Waals surface area contributed by atoms with Gasteiger partial charge in [-0.15, -0.1) is 0 Å². The lowest BCUT2D eigenvalue weighted by Gasteiger charge is -2.31. The molecule has 3 unspecified atom stereocenters. The first-order valence-corrected chi connectivity index (χ1v) is 9.12. The number of aliphatic hydroxyl groups excluding tert-OH is 3. The van der Waals surface area contributed by atoms with E-state index >= 15 is 0 Å². The number of rotatable bonds is 5. The summed E-state index contributed by atoms with van der Waals surface area (Å²) in [7, 11) is -4.84. The molecule has 2 rings (SSSR count). The maximum absolute atomic E-state index is 11.2. The van der Waals surface area contributed by atoms with Gasteiger partial charge in [-0.3, -0.25) is 0 Å². The Labute approximate surface area is 144 Å². The summed E-state index contributed by atoms with van der Waals surface area (Å²) in [5, 5.41) is 40.1. The van der Waals surface area contributed by atoms with Crippen LogP contribution in [0.5, 0.6) is 5.75 Å². The minimum Gasteiger partial charge on any atom is -0.511 e. The highest BCUT2D eigenvalue weighted by molar-refractivity contribution is 7.50. The van der Waals surface area contributed by atoms with Gasteiger partial charge in [-0.1, -0.05) is 19.1 Å². The van der Waals surface area contributed by atoms with Crippen LogP contribution in [0.3, 0.4) is 0 Å². The Morgan fingerprint density at radius 2 is 1.88 bits per heavy atom. The van der Waals surface area contributed by atoms with Crippen LogP contribution in [0.4, 0.5) is 0 Å². The van der Waals surface area contributed by atoms with Crippen LogP contribution in [-0.2, 0) is 4.57 Å². The van der Waals surface area contributed by atoms with Gasteiger partial charge in [0.1, 0.15) is 17.3 Å². The summed E-state index contributed by atoms with van der Waals surface area (Å²) in [5.74, 6) is -2.66. The molecule has 25 heavy (non-hydrogen) atoms. The molecule has 1 aliphatic rings. The van der Waals surface area contributed by atoms with Crippen molar-refractivity contribution >= 4 is 13.5 Å². The molecule has 0 spiro atoms. The van der Waals surface area contributed by atoms with Crippen molar-refractivity contribution in [3.05, 3.63) is 53.5 Å². The van der Waals surface area contributed by atoms with Crippen LogP contribution in [0, 0.1) is 5.92 Å². The summed E-state index contributed by atoms with van der Waals surface area (Å²) in [6.07, 6.45) is 1.11. The number of hydrogen-bond acceptors (Lipinski definition) is 5. The lowest BCUT2D eigenvalue weighted by Crippen LogP contribution is -2.35. The van der Waals surface area contributed by atoms with Gasteiger partial charge in [0.25, 0.3) is 0 Å². The molecule has 0 saturated carbocycles. The lowest BCUT2D eigenvalue weighted by molar-refractivity contribution is 0.101. The van der Waals surface area contributed by atoms with Crippen LogP contribution in [0.2, 0.25) is 0 Å². The Hall–Kier alpha value is -2.12. The molecule has 0 radical (unpaired) electrons. The predicted molar refractivity (Wildman–Crippen MR) is 91.5 cm³/mol. The fraction of sp³-hybridized carbons (Fsp3) is 0.312. The Morgan fingerprint density at radius 1 is 1.20 bits per heavy atom. The molecule has 0 amide bonds. The number of benzene rings is 1. The van der Waals surface area contributed by atoms with Crippen LogP contribution in [0.1, 0.15) is 24.8 Å². The zero-order chi connectivity index (χ0) is 18.8. The normalized spacial score (nSPS) is 22.2. The second-order valence-corrected chi connectivity index (χ2v) is 6.98. The maximum atomic E-state index is 11.2. The third-order valence-corrected chi connectivity index (χ3v) is 4.46. The van der Waals surface area contributed by atoms with E-state index in [2.05, 4.69) is 4.76 Å². The Morgan fingerprint density at radius 3 is 2.44 bits per heavy atom. The third-order valence-electron chi connectivity index (χ3n) is 3.97. The predicted octanol–water partition coefficient (Wildman–Crippen LogP) is 2.29. The first-order valence-electron chi connectivity index (χ1n) is 7.56. The number of allylic oxidation sites excluding steroid dienone is 2. The molecule has 1 aliphatic carbocycles. The summed E-state index contributed by atoms with van der Waals surface area (Å²) in [6, 6.07) is 6.23. The van der Waals surface area contributed by atoms with E-state index in [0.29, 0.717) is 12.0 Å². The molecular formula is C16H20NO7P. The molecule has 6 N–H and O–H groups in total. The molecule has 9 heteroatoms. The average molecular weight is 369 g/mol. The van der Waals surface area contributed by atoms with Crippen LogP contribution in [0.15, 0.2) is 52.7 Å². The summed E-state index contributed by atoms with van der Waals surface area (Å²) in [4.78, 5) is 18.2. The lowest BCUT2D eigenvalue weighted by atomic mass is 9.79. The van der Waals surface area contributed by atoms with E-state index in [1.807, 2.05) is 0 Å². The molecule has 0 aromatic heterocycles. The van der Waals surface area contributed by atoms with Crippen molar-refractivity contribution < 1.29 is 34.8 Å². The Kier molecular flexibility index (Phi) is 5.69. The Bertz CT molecular complexity index is 780. The molecule has 0 aliphatic heterocycles. The Balaban J connectivity index is 2.46. The van der Waals surface area contributed by atoms with E-state index in [1.165, 1.54) is 12.1 Å². The number of phenols is 1. The molecule has 0 bridgehead atoms. The minimum absolute atomic E-state index is 0.00760. The van der Waals surface area contributed by atoms with E-state index in [9.17, 15) is 25.0 Å². The van der Waals surface area contributed by atoms with Crippen molar-refractivity contribution in [3.63, 3.8) is 0 Å². The van der Waals surface area contributed by atoms with Crippen molar-refractivity contribution in [3.8, 4) is 5.75 Å². The summed E-state index contributed by atoms with van der Waals surface area (Å²) in [6.45, 7) is 1.79. The second kappa shape index (κ2) is 7.41. The molecule has 0 fully saturated rings. The second-order valence-electron chi connectivity index (χ2n) is 5.75. The van der Waals surface area contributed by atoms with Crippen LogP contribution in [0.25, 0.3) is 0 Å². The zero-order valence-corrected chi connectivity index (χ0v) is 14.3. The molecule has 8 nitrogen and oxygen atoms in total. The number of aliphatic hydroxyl groups is 3. The van der Waals surface area contributed by atoms with E-state index in [1.54, 1.807) is 19.1 Å². The standard InChI is InChI=1S/C16H20NO7P/c1-2-12(9-4-3-5-10(18)6-9)16(21)15-13(17-25(22,23)24)7-11(19)8-14(15)20/h3-8,12,15-16,18-21H,2H2,1H3,(H2,22,23,24)/b17-13+. The van der Waals surface area contributed by atoms with Crippen LogP contribution < -0.4 is 0 Å². The molecular weight excluding hydrogens is 349 g/mol. The molecule has 1 aromatic rings. The van der Waals surface area contributed by atoms with Gasteiger partial charge in [-0.2, -0.15) is 4.76 Å². The van der Waals surface area contributed by atoms with Crippen molar-refractivity contribution in [2.24, 2.45) is 10.7 Å². The number of aromatic hydroxyl groups is 1. The highest BCUT2D eigenvalue weighted by Crippen LogP contribution is 2.41. The van der Waals surface area contributed by atoms with Crippen molar-refractivity contribution in [2.45, 2.75) is 25.4 Å². The smallest absolute Gasteiger partial charge is 0.448 e. The first kappa shape index (κ1) is 19.2. The van der Waals surface area contributed by atoms with Gasteiger partial charge in [-0.05, 0) is 24.1 Å². The summed E-state index contributed by atoms with van der Waals surface area (Å²) >= 11 is 0.